The van der Waals surface area contributed by atoms with Crippen LogP contribution < -0.4 is 0 Å². The van der Waals surface area contributed by atoms with Crippen LogP contribution in [0.2, 0.25) is 0 Å². The summed E-state index contributed by atoms with van der Waals surface area (Å²) in [7, 11) is 0. The molecule has 110 valence electrons. The standard InChI is InChI=1S/C13H12N8S/c1-3-20-8(2)9(6-16-20)12-19-21-11(17-18-13(21)22-12)10-7-14-4-5-15-10/h4-7H,3H2,1-2H3. The molecule has 4 rings (SSSR count). The van der Waals surface area contributed by atoms with Crippen LogP contribution in [0.5, 0.6) is 0 Å². The second-order valence-electron chi connectivity index (χ2n) is 4.68. The Morgan fingerprint density at radius 3 is 2.82 bits per heavy atom. The maximum Gasteiger partial charge on any atom is 0.235 e. The van der Waals surface area contributed by atoms with E-state index in [2.05, 4.69) is 37.3 Å². The van der Waals surface area contributed by atoms with Gasteiger partial charge in [-0.05, 0) is 13.8 Å². The number of nitrogens with zero attached hydrogens (tertiary/aromatic N) is 8. The number of rotatable bonds is 3. The van der Waals surface area contributed by atoms with Crippen molar-refractivity contribution in [3.8, 4) is 22.1 Å². The van der Waals surface area contributed by atoms with Crippen LogP contribution in [-0.4, -0.2) is 39.6 Å². The first-order valence-corrected chi connectivity index (χ1v) is 7.61. The lowest BCUT2D eigenvalue weighted by atomic mass is 10.3. The molecule has 4 heterocycles. The minimum Gasteiger partial charge on any atom is -0.269 e. The molecule has 8 nitrogen and oxygen atoms in total. The van der Waals surface area contributed by atoms with E-state index in [1.54, 1.807) is 23.1 Å². The molecule has 9 heteroatoms. The highest BCUT2D eigenvalue weighted by Crippen LogP contribution is 2.29. The Morgan fingerprint density at radius 1 is 1.18 bits per heavy atom. The first-order valence-electron chi connectivity index (χ1n) is 6.79. The van der Waals surface area contributed by atoms with Crippen molar-refractivity contribution < 1.29 is 0 Å². The van der Waals surface area contributed by atoms with E-state index >= 15 is 0 Å². The van der Waals surface area contributed by atoms with E-state index in [0.29, 0.717) is 11.5 Å². The minimum absolute atomic E-state index is 0.589. The molecule has 22 heavy (non-hydrogen) atoms. The molecule has 4 aromatic rings. The molecule has 0 aliphatic rings. The van der Waals surface area contributed by atoms with Gasteiger partial charge in [-0.3, -0.25) is 9.67 Å². The van der Waals surface area contributed by atoms with Crippen LogP contribution in [0, 0.1) is 6.92 Å². The van der Waals surface area contributed by atoms with E-state index < -0.39 is 0 Å². The van der Waals surface area contributed by atoms with Gasteiger partial charge in [0, 0.05) is 24.6 Å². The maximum absolute atomic E-state index is 4.62. The van der Waals surface area contributed by atoms with Crippen molar-refractivity contribution in [2.45, 2.75) is 20.4 Å². The summed E-state index contributed by atoms with van der Waals surface area (Å²) in [5, 5.41) is 18.2. The normalized spacial score (nSPS) is 11.4. The molecule has 0 aliphatic carbocycles. The van der Waals surface area contributed by atoms with Crippen LogP contribution in [0.1, 0.15) is 12.6 Å². The summed E-state index contributed by atoms with van der Waals surface area (Å²) in [5.74, 6) is 0.589. The summed E-state index contributed by atoms with van der Waals surface area (Å²) in [6.07, 6.45) is 6.73. The molecule has 0 atom stereocenters. The molecule has 0 radical (unpaired) electrons. The average molecular weight is 312 g/mol. The van der Waals surface area contributed by atoms with E-state index in [1.165, 1.54) is 11.3 Å². The molecule has 0 N–H and O–H groups in total. The highest BCUT2D eigenvalue weighted by Gasteiger charge is 2.17. The number of fused-ring (bicyclic) bond motifs is 1. The summed E-state index contributed by atoms with van der Waals surface area (Å²) in [6.45, 7) is 4.94. The predicted octanol–water partition coefficient (Wildman–Crippen LogP) is 1.83. The quantitative estimate of drug-likeness (QED) is 0.573. The summed E-state index contributed by atoms with van der Waals surface area (Å²) in [6, 6.07) is 0. The van der Waals surface area contributed by atoms with Gasteiger partial charge in [-0.15, -0.1) is 10.2 Å². The van der Waals surface area contributed by atoms with Crippen molar-refractivity contribution in [3.05, 3.63) is 30.5 Å². The topological polar surface area (TPSA) is 86.7 Å². The summed E-state index contributed by atoms with van der Waals surface area (Å²) in [5.41, 5.74) is 2.75. The molecular formula is C13H12N8S. The summed E-state index contributed by atoms with van der Waals surface area (Å²) in [4.78, 5) is 9.03. The van der Waals surface area contributed by atoms with Gasteiger partial charge in [0.25, 0.3) is 0 Å². The zero-order chi connectivity index (χ0) is 15.1. The third-order valence-corrected chi connectivity index (χ3v) is 4.35. The second-order valence-corrected chi connectivity index (χ2v) is 5.63. The molecule has 0 amide bonds. The predicted molar refractivity (Wildman–Crippen MR) is 81.3 cm³/mol. The molecule has 0 saturated carbocycles. The van der Waals surface area contributed by atoms with Gasteiger partial charge in [0.05, 0.1) is 18.0 Å². The van der Waals surface area contributed by atoms with Crippen molar-refractivity contribution in [1.82, 2.24) is 39.6 Å². The molecule has 0 fully saturated rings. The molecule has 0 saturated heterocycles. The maximum atomic E-state index is 4.62. The number of hydrogen-bond acceptors (Lipinski definition) is 7. The lowest BCUT2D eigenvalue weighted by Gasteiger charge is -1.99. The van der Waals surface area contributed by atoms with E-state index in [9.17, 15) is 0 Å². The Labute approximate surface area is 129 Å². The van der Waals surface area contributed by atoms with Gasteiger partial charge in [-0.2, -0.15) is 14.7 Å². The number of aromatic nitrogens is 8. The first kappa shape index (κ1) is 13.0. The molecule has 0 bridgehead atoms. The Morgan fingerprint density at radius 2 is 2.09 bits per heavy atom. The fourth-order valence-corrected chi connectivity index (χ4v) is 3.18. The lowest BCUT2D eigenvalue weighted by Crippen LogP contribution is -1.98. The van der Waals surface area contributed by atoms with E-state index in [-0.39, 0.29) is 0 Å². The van der Waals surface area contributed by atoms with Crippen molar-refractivity contribution in [2.24, 2.45) is 0 Å². The van der Waals surface area contributed by atoms with E-state index in [0.717, 1.165) is 27.8 Å². The van der Waals surface area contributed by atoms with Gasteiger partial charge in [0.2, 0.25) is 10.8 Å². The summed E-state index contributed by atoms with van der Waals surface area (Å²) < 4.78 is 3.65. The van der Waals surface area contributed by atoms with Gasteiger partial charge in [-0.1, -0.05) is 11.3 Å². The third kappa shape index (κ3) is 1.90. The lowest BCUT2D eigenvalue weighted by molar-refractivity contribution is 0.640. The average Bonchev–Trinajstić information content (AvgIpc) is 3.21. The van der Waals surface area contributed by atoms with E-state index in [1.807, 2.05) is 17.8 Å². The molecule has 0 unspecified atom stereocenters. The third-order valence-electron chi connectivity index (χ3n) is 3.42. The molecule has 4 aromatic heterocycles. The zero-order valence-electron chi connectivity index (χ0n) is 12.0. The van der Waals surface area contributed by atoms with Crippen LogP contribution in [0.25, 0.3) is 27.1 Å². The van der Waals surface area contributed by atoms with E-state index in [4.69, 9.17) is 0 Å². The summed E-state index contributed by atoms with van der Waals surface area (Å²) >= 11 is 1.48. The van der Waals surface area contributed by atoms with Crippen LogP contribution in [0.15, 0.2) is 24.8 Å². The van der Waals surface area contributed by atoms with Gasteiger partial charge in [0.15, 0.2) is 5.01 Å². The van der Waals surface area contributed by atoms with Crippen molar-refractivity contribution in [2.75, 3.05) is 0 Å². The Bertz CT molecular complexity index is 936. The van der Waals surface area contributed by atoms with Gasteiger partial charge < -0.3 is 0 Å². The Kier molecular flexibility index (Phi) is 2.93. The van der Waals surface area contributed by atoms with Crippen molar-refractivity contribution >= 4 is 16.3 Å². The number of aryl methyl sites for hydroxylation is 1. The highest BCUT2D eigenvalue weighted by molar-refractivity contribution is 7.19. The number of hydrogen-bond donors (Lipinski definition) is 0. The molecule has 0 aliphatic heterocycles. The smallest absolute Gasteiger partial charge is 0.235 e. The van der Waals surface area contributed by atoms with Crippen molar-refractivity contribution in [3.63, 3.8) is 0 Å². The van der Waals surface area contributed by atoms with Crippen LogP contribution in [0.3, 0.4) is 0 Å². The largest absolute Gasteiger partial charge is 0.269 e. The zero-order valence-corrected chi connectivity index (χ0v) is 12.8. The van der Waals surface area contributed by atoms with Crippen molar-refractivity contribution in [1.29, 1.82) is 0 Å². The molecular weight excluding hydrogens is 300 g/mol. The second kappa shape index (κ2) is 4.95. The Balaban J connectivity index is 1.85. The fraction of sp³-hybridized carbons (Fsp3) is 0.231. The fourth-order valence-electron chi connectivity index (χ4n) is 2.28. The minimum atomic E-state index is 0.589. The Hall–Kier alpha value is -2.68. The SMILES string of the molecule is CCn1ncc(-c2nn3c(-c4cnccn4)nnc3s2)c1C. The molecule has 0 aromatic carbocycles. The highest BCUT2D eigenvalue weighted by atomic mass is 32.1. The van der Waals surface area contributed by atoms with Gasteiger partial charge in [-0.25, -0.2) is 4.98 Å². The van der Waals surface area contributed by atoms with Crippen LogP contribution >= 0.6 is 11.3 Å². The van der Waals surface area contributed by atoms with Gasteiger partial charge in [0.1, 0.15) is 5.69 Å². The van der Waals surface area contributed by atoms with Crippen LogP contribution in [0.4, 0.5) is 0 Å². The van der Waals surface area contributed by atoms with Gasteiger partial charge >= 0.3 is 0 Å². The monoisotopic (exact) mass is 312 g/mol. The van der Waals surface area contributed by atoms with Crippen LogP contribution in [-0.2, 0) is 6.54 Å². The first-order chi connectivity index (χ1) is 10.8. The molecule has 0 spiro atoms.